The first kappa shape index (κ1) is 11.6. The molecule has 3 rings (SSSR count). The summed E-state index contributed by atoms with van der Waals surface area (Å²) in [5.41, 5.74) is 0.820. The van der Waals surface area contributed by atoms with Gasteiger partial charge in [-0.2, -0.15) is 4.98 Å². The van der Waals surface area contributed by atoms with E-state index in [1.165, 1.54) is 0 Å². The van der Waals surface area contributed by atoms with Gasteiger partial charge in [-0.05, 0) is 5.56 Å². The number of aromatic nitrogens is 4. The summed E-state index contributed by atoms with van der Waals surface area (Å²) < 4.78 is 5.10. The standard InChI is InChI=1S/C13H12N4O2/c18-10(9-4-2-1-3-5-9)8-11-16-13(17-19-11)12-14-6-7-15-12/h1-7,10,18H,8H2,(H,14,15). The molecule has 0 fully saturated rings. The zero-order chi connectivity index (χ0) is 13.1. The van der Waals surface area contributed by atoms with Crippen LogP contribution in [-0.4, -0.2) is 25.2 Å². The summed E-state index contributed by atoms with van der Waals surface area (Å²) in [5, 5.41) is 13.9. The zero-order valence-corrected chi connectivity index (χ0v) is 10.0. The highest BCUT2D eigenvalue weighted by atomic mass is 16.5. The molecule has 96 valence electrons. The number of nitrogens with one attached hydrogen (secondary N) is 1. The summed E-state index contributed by atoms with van der Waals surface area (Å²) in [6, 6.07) is 9.36. The van der Waals surface area contributed by atoms with Gasteiger partial charge >= 0.3 is 0 Å². The molecule has 1 aromatic carbocycles. The number of aromatic amines is 1. The molecule has 2 heterocycles. The van der Waals surface area contributed by atoms with Gasteiger partial charge in [0, 0.05) is 12.4 Å². The van der Waals surface area contributed by atoms with Crippen molar-refractivity contribution in [1.29, 1.82) is 0 Å². The van der Waals surface area contributed by atoms with Crippen LogP contribution in [0.1, 0.15) is 17.6 Å². The molecule has 0 aliphatic carbocycles. The van der Waals surface area contributed by atoms with E-state index in [0.717, 1.165) is 5.56 Å². The number of rotatable bonds is 4. The van der Waals surface area contributed by atoms with Crippen LogP contribution in [0.5, 0.6) is 0 Å². The SMILES string of the molecule is OC(Cc1nc(-c2ncc[nH]2)no1)c1ccccc1. The third kappa shape index (κ3) is 2.53. The number of nitrogens with zero attached hydrogens (tertiary/aromatic N) is 3. The van der Waals surface area contributed by atoms with E-state index in [4.69, 9.17) is 4.52 Å². The van der Waals surface area contributed by atoms with Crippen LogP contribution >= 0.6 is 0 Å². The lowest BCUT2D eigenvalue weighted by Gasteiger charge is -2.07. The average Bonchev–Trinajstić information content (AvgIpc) is 3.10. The topological polar surface area (TPSA) is 87.8 Å². The fourth-order valence-electron chi connectivity index (χ4n) is 1.78. The molecule has 1 atom stereocenters. The summed E-state index contributed by atoms with van der Waals surface area (Å²) in [5.74, 6) is 1.31. The fourth-order valence-corrected chi connectivity index (χ4v) is 1.78. The zero-order valence-electron chi connectivity index (χ0n) is 10.0. The van der Waals surface area contributed by atoms with Crippen LogP contribution in [0.15, 0.2) is 47.2 Å². The second-order valence-corrected chi connectivity index (χ2v) is 4.08. The second kappa shape index (κ2) is 5.03. The molecule has 0 saturated carbocycles. The third-order valence-corrected chi connectivity index (χ3v) is 2.73. The van der Waals surface area contributed by atoms with Gasteiger partial charge in [-0.1, -0.05) is 35.5 Å². The van der Waals surface area contributed by atoms with Crippen molar-refractivity contribution in [2.24, 2.45) is 0 Å². The molecule has 0 bridgehead atoms. The Labute approximate surface area is 109 Å². The highest BCUT2D eigenvalue weighted by Gasteiger charge is 2.15. The Morgan fingerprint density at radius 2 is 2.11 bits per heavy atom. The number of imidazole rings is 1. The number of hydrogen-bond acceptors (Lipinski definition) is 5. The summed E-state index contributed by atoms with van der Waals surface area (Å²) in [6.45, 7) is 0. The largest absolute Gasteiger partial charge is 0.388 e. The van der Waals surface area contributed by atoms with Crippen LogP contribution in [0.2, 0.25) is 0 Å². The summed E-state index contributed by atoms with van der Waals surface area (Å²) in [4.78, 5) is 11.1. The molecule has 1 unspecified atom stereocenters. The normalized spacial score (nSPS) is 12.5. The van der Waals surface area contributed by atoms with Gasteiger partial charge in [0.25, 0.3) is 0 Å². The molecule has 0 radical (unpaired) electrons. The predicted octanol–water partition coefficient (Wildman–Crippen LogP) is 1.74. The van der Waals surface area contributed by atoms with Gasteiger partial charge in [-0.3, -0.25) is 0 Å². The molecule has 0 aliphatic rings. The first-order valence-corrected chi connectivity index (χ1v) is 5.88. The van der Waals surface area contributed by atoms with Crippen LogP contribution < -0.4 is 0 Å². The fraction of sp³-hybridized carbons (Fsp3) is 0.154. The third-order valence-electron chi connectivity index (χ3n) is 2.73. The van der Waals surface area contributed by atoms with Crippen molar-refractivity contribution < 1.29 is 9.63 Å². The molecule has 0 amide bonds. The molecule has 0 aliphatic heterocycles. The molecule has 0 saturated heterocycles. The van der Waals surface area contributed by atoms with Gasteiger partial charge in [0.15, 0.2) is 5.82 Å². The van der Waals surface area contributed by atoms with E-state index in [1.807, 2.05) is 30.3 Å². The first-order chi connectivity index (χ1) is 9.33. The quantitative estimate of drug-likeness (QED) is 0.742. The van der Waals surface area contributed by atoms with Gasteiger partial charge in [0.2, 0.25) is 11.7 Å². The molecule has 6 nitrogen and oxygen atoms in total. The van der Waals surface area contributed by atoms with Crippen LogP contribution in [0.4, 0.5) is 0 Å². The highest BCUT2D eigenvalue weighted by Crippen LogP contribution is 2.18. The van der Waals surface area contributed by atoms with Crippen molar-refractivity contribution in [3.8, 4) is 11.6 Å². The van der Waals surface area contributed by atoms with Crippen molar-refractivity contribution in [3.05, 3.63) is 54.2 Å². The van der Waals surface area contributed by atoms with E-state index in [9.17, 15) is 5.11 Å². The Morgan fingerprint density at radius 3 is 2.84 bits per heavy atom. The minimum absolute atomic E-state index is 0.276. The minimum atomic E-state index is -0.661. The molecule has 2 N–H and O–H groups in total. The van der Waals surface area contributed by atoms with Crippen molar-refractivity contribution in [2.45, 2.75) is 12.5 Å². The van der Waals surface area contributed by atoms with E-state index in [-0.39, 0.29) is 6.42 Å². The molecule has 3 aromatic rings. The summed E-state index contributed by atoms with van der Waals surface area (Å²) in [7, 11) is 0. The molecule has 2 aromatic heterocycles. The van der Waals surface area contributed by atoms with Crippen LogP contribution in [0.25, 0.3) is 11.6 Å². The molecule has 19 heavy (non-hydrogen) atoms. The minimum Gasteiger partial charge on any atom is -0.388 e. The average molecular weight is 256 g/mol. The maximum absolute atomic E-state index is 10.1. The van der Waals surface area contributed by atoms with E-state index < -0.39 is 6.10 Å². The van der Waals surface area contributed by atoms with Gasteiger partial charge in [-0.25, -0.2) is 4.98 Å². The maximum atomic E-state index is 10.1. The molecule has 6 heteroatoms. The summed E-state index contributed by atoms with van der Waals surface area (Å²) in [6.07, 6.45) is 2.91. The number of H-pyrrole nitrogens is 1. The van der Waals surface area contributed by atoms with Gasteiger partial charge in [-0.15, -0.1) is 0 Å². The highest BCUT2D eigenvalue weighted by molar-refractivity contribution is 5.40. The van der Waals surface area contributed by atoms with Crippen molar-refractivity contribution in [1.82, 2.24) is 20.1 Å². The van der Waals surface area contributed by atoms with Crippen molar-refractivity contribution >= 4 is 0 Å². The van der Waals surface area contributed by atoms with Crippen molar-refractivity contribution in [2.75, 3.05) is 0 Å². The number of hydrogen-bond donors (Lipinski definition) is 2. The number of aliphatic hydroxyl groups is 1. The molecular formula is C13H12N4O2. The van der Waals surface area contributed by atoms with Crippen LogP contribution in [0.3, 0.4) is 0 Å². The monoisotopic (exact) mass is 256 g/mol. The second-order valence-electron chi connectivity index (χ2n) is 4.08. The smallest absolute Gasteiger partial charge is 0.238 e. The Hall–Kier alpha value is -2.47. The summed E-state index contributed by atoms with van der Waals surface area (Å²) >= 11 is 0. The van der Waals surface area contributed by atoms with Gasteiger partial charge in [0.05, 0.1) is 12.5 Å². The van der Waals surface area contributed by atoms with Crippen LogP contribution in [0, 0.1) is 0 Å². The van der Waals surface area contributed by atoms with Crippen LogP contribution in [-0.2, 0) is 6.42 Å². The lowest BCUT2D eigenvalue weighted by molar-refractivity contribution is 0.165. The maximum Gasteiger partial charge on any atom is 0.238 e. The Morgan fingerprint density at radius 1 is 1.26 bits per heavy atom. The van der Waals surface area contributed by atoms with Gasteiger partial charge < -0.3 is 14.6 Å². The number of aliphatic hydroxyl groups excluding tert-OH is 1. The molecular weight excluding hydrogens is 244 g/mol. The van der Waals surface area contributed by atoms with E-state index >= 15 is 0 Å². The van der Waals surface area contributed by atoms with Crippen molar-refractivity contribution in [3.63, 3.8) is 0 Å². The van der Waals surface area contributed by atoms with E-state index in [2.05, 4.69) is 20.1 Å². The lowest BCUT2D eigenvalue weighted by atomic mass is 10.1. The van der Waals surface area contributed by atoms with E-state index in [1.54, 1.807) is 12.4 Å². The van der Waals surface area contributed by atoms with E-state index in [0.29, 0.717) is 17.5 Å². The Bertz CT molecular complexity index is 634. The lowest BCUT2D eigenvalue weighted by Crippen LogP contribution is -2.01. The first-order valence-electron chi connectivity index (χ1n) is 5.88. The Balaban J connectivity index is 1.74. The van der Waals surface area contributed by atoms with Gasteiger partial charge in [0.1, 0.15) is 0 Å². The molecule has 0 spiro atoms. The predicted molar refractivity (Wildman–Crippen MR) is 67.0 cm³/mol. The number of benzene rings is 1. The Kier molecular flexibility index (Phi) is 3.07.